The number of nitrogens with one attached hydrogen (secondary N) is 4. The molecule has 0 atom stereocenters. The first-order valence-electron chi connectivity index (χ1n) is 12.8. The van der Waals surface area contributed by atoms with E-state index >= 15 is 0 Å². The Bertz CT molecular complexity index is 1480. The summed E-state index contributed by atoms with van der Waals surface area (Å²) in [5.74, 6) is 0.980. The van der Waals surface area contributed by atoms with Gasteiger partial charge in [-0.25, -0.2) is 31.3 Å². The van der Waals surface area contributed by atoms with E-state index < -0.39 is 20.0 Å². The molecule has 0 radical (unpaired) electrons. The van der Waals surface area contributed by atoms with Crippen LogP contribution in [0.4, 0.5) is 23.1 Å². The predicted octanol–water partition coefficient (Wildman–Crippen LogP) is 4.07. The molecule has 0 aliphatic heterocycles. The second-order valence-electron chi connectivity index (χ2n) is 9.86. The van der Waals surface area contributed by atoms with E-state index in [0.29, 0.717) is 17.5 Å². The SMILES string of the molecule is Cc1cnc(Nc2ccc(S(=O)(=O)NC3CCCC3)cc2)nc1Nc1ccc(CNS(=O)(=O)C2CC2)cc1. The lowest BCUT2D eigenvalue weighted by Gasteiger charge is -2.13. The molecule has 38 heavy (non-hydrogen) atoms. The van der Waals surface area contributed by atoms with Gasteiger partial charge in [-0.2, -0.15) is 4.98 Å². The van der Waals surface area contributed by atoms with Crippen molar-refractivity contribution in [3.8, 4) is 0 Å². The summed E-state index contributed by atoms with van der Waals surface area (Å²) in [6.45, 7) is 2.15. The third-order valence-electron chi connectivity index (χ3n) is 6.73. The van der Waals surface area contributed by atoms with E-state index in [1.54, 1.807) is 30.5 Å². The first-order chi connectivity index (χ1) is 18.2. The first-order valence-corrected chi connectivity index (χ1v) is 15.8. The minimum Gasteiger partial charge on any atom is -0.340 e. The zero-order chi connectivity index (χ0) is 26.8. The highest BCUT2D eigenvalue weighted by Crippen LogP contribution is 2.28. The summed E-state index contributed by atoms with van der Waals surface area (Å²) in [7, 11) is -6.77. The molecule has 0 bridgehead atoms. The molecular formula is C26H32N6O4S2. The van der Waals surface area contributed by atoms with Crippen LogP contribution in [0.5, 0.6) is 0 Å². The van der Waals surface area contributed by atoms with Crippen LogP contribution in [-0.4, -0.2) is 38.1 Å². The fraction of sp³-hybridized carbons (Fsp3) is 0.385. The largest absolute Gasteiger partial charge is 0.340 e. The number of sulfonamides is 2. The van der Waals surface area contributed by atoms with E-state index in [4.69, 9.17) is 0 Å². The maximum absolute atomic E-state index is 12.6. The molecule has 4 N–H and O–H groups in total. The van der Waals surface area contributed by atoms with Crippen LogP contribution in [0.3, 0.4) is 0 Å². The van der Waals surface area contributed by atoms with Gasteiger partial charge in [0.2, 0.25) is 26.0 Å². The number of nitrogens with zero attached hydrogens (tertiary/aromatic N) is 2. The molecule has 2 aromatic carbocycles. The minimum absolute atomic E-state index is 0.0148. The highest BCUT2D eigenvalue weighted by molar-refractivity contribution is 7.90. The number of benzene rings is 2. The molecule has 12 heteroatoms. The van der Waals surface area contributed by atoms with Crippen LogP contribution in [0.1, 0.15) is 49.7 Å². The van der Waals surface area contributed by atoms with Crippen molar-refractivity contribution in [2.24, 2.45) is 0 Å². The molecule has 2 saturated carbocycles. The number of aryl methyl sites for hydroxylation is 1. The molecule has 10 nitrogen and oxygen atoms in total. The molecule has 1 aromatic heterocycles. The monoisotopic (exact) mass is 556 g/mol. The summed E-state index contributed by atoms with van der Waals surface area (Å²) in [5, 5.41) is 6.15. The van der Waals surface area contributed by atoms with Crippen LogP contribution in [0.15, 0.2) is 59.6 Å². The lowest BCUT2D eigenvalue weighted by atomic mass is 10.2. The Morgan fingerprint density at radius 1 is 0.842 bits per heavy atom. The Kier molecular flexibility index (Phi) is 7.66. The van der Waals surface area contributed by atoms with Gasteiger partial charge in [0.25, 0.3) is 0 Å². The zero-order valence-electron chi connectivity index (χ0n) is 21.1. The van der Waals surface area contributed by atoms with Gasteiger partial charge in [-0.05, 0) is 74.6 Å². The first kappa shape index (κ1) is 26.5. The van der Waals surface area contributed by atoms with Crippen molar-refractivity contribution in [1.82, 2.24) is 19.4 Å². The lowest BCUT2D eigenvalue weighted by Crippen LogP contribution is -2.32. The van der Waals surface area contributed by atoms with Crippen molar-refractivity contribution in [2.45, 2.75) is 68.2 Å². The van der Waals surface area contributed by atoms with Crippen molar-refractivity contribution in [1.29, 1.82) is 0 Å². The summed E-state index contributed by atoms with van der Waals surface area (Å²) in [4.78, 5) is 9.13. The van der Waals surface area contributed by atoms with Crippen LogP contribution in [0.2, 0.25) is 0 Å². The second-order valence-corrected chi connectivity index (χ2v) is 13.6. The molecule has 0 unspecified atom stereocenters. The van der Waals surface area contributed by atoms with Gasteiger partial charge in [0, 0.05) is 35.7 Å². The fourth-order valence-corrected chi connectivity index (χ4v) is 6.99. The van der Waals surface area contributed by atoms with Gasteiger partial charge in [0.15, 0.2) is 0 Å². The average Bonchev–Trinajstić information content (AvgIpc) is 3.65. The summed E-state index contributed by atoms with van der Waals surface area (Å²) >= 11 is 0. The number of anilines is 4. The van der Waals surface area contributed by atoms with Crippen LogP contribution >= 0.6 is 0 Å². The van der Waals surface area contributed by atoms with Crippen molar-refractivity contribution in [2.75, 3.05) is 10.6 Å². The number of hydrogen-bond acceptors (Lipinski definition) is 8. The number of aromatic nitrogens is 2. The van der Waals surface area contributed by atoms with Gasteiger partial charge >= 0.3 is 0 Å². The van der Waals surface area contributed by atoms with Gasteiger partial charge in [0.05, 0.1) is 10.1 Å². The Morgan fingerprint density at radius 2 is 1.47 bits per heavy atom. The minimum atomic E-state index is -3.55. The summed E-state index contributed by atoms with van der Waals surface area (Å²) < 4.78 is 54.8. The summed E-state index contributed by atoms with van der Waals surface area (Å²) in [6, 6.07) is 14.0. The lowest BCUT2D eigenvalue weighted by molar-refractivity contribution is 0.552. The van der Waals surface area contributed by atoms with E-state index in [1.165, 1.54) is 0 Å². The average molecular weight is 557 g/mol. The molecular weight excluding hydrogens is 524 g/mol. The van der Waals surface area contributed by atoms with Crippen LogP contribution in [-0.2, 0) is 26.6 Å². The highest BCUT2D eigenvalue weighted by atomic mass is 32.2. The Hall–Kier alpha value is -3.06. The Labute approximate surface area is 223 Å². The van der Waals surface area contributed by atoms with Gasteiger partial charge in [-0.3, -0.25) is 0 Å². The zero-order valence-corrected chi connectivity index (χ0v) is 22.8. The van der Waals surface area contributed by atoms with E-state index in [9.17, 15) is 16.8 Å². The molecule has 2 aliphatic carbocycles. The smallest absolute Gasteiger partial charge is 0.240 e. The van der Waals surface area contributed by atoms with Crippen LogP contribution < -0.4 is 20.1 Å². The fourth-order valence-electron chi connectivity index (χ4n) is 4.33. The van der Waals surface area contributed by atoms with Crippen molar-refractivity contribution in [3.63, 3.8) is 0 Å². The molecule has 0 saturated heterocycles. The highest BCUT2D eigenvalue weighted by Gasteiger charge is 2.35. The number of rotatable bonds is 11. The molecule has 202 valence electrons. The molecule has 0 amide bonds. The van der Waals surface area contributed by atoms with Crippen molar-refractivity contribution >= 4 is 43.2 Å². The Balaban J connectivity index is 1.20. The maximum Gasteiger partial charge on any atom is 0.240 e. The van der Waals surface area contributed by atoms with E-state index in [1.807, 2.05) is 31.2 Å². The van der Waals surface area contributed by atoms with Crippen molar-refractivity contribution < 1.29 is 16.8 Å². The van der Waals surface area contributed by atoms with Crippen molar-refractivity contribution in [3.05, 3.63) is 65.9 Å². The predicted molar refractivity (Wildman–Crippen MR) is 148 cm³/mol. The topological polar surface area (TPSA) is 142 Å². The van der Waals surface area contributed by atoms with Gasteiger partial charge in [0.1, 0.15) is 5.82 Å². The normalized spacial score (nSPS) is 16.4. The molecule has 5 rings (SSSR count). The molecule has 2 fully saturated rings. The van der Waals surface area contributed by atoms with Crippen LogP contribution in [0.25, 0.3) is 0 Å². The molecule has 2 aliphatic rings. The molecule has 3 aromatic rings. The second kappa shape index (κ2) is 11.0. The molecule has 1 heterocycles. The number of hydrogen-bond donors (Lipinski definition) is 4. The van der Waals surface area contributed by atoms with E-state index in [-0.39, 0.29) is 22.7 Å². The van der Waals surface area contributed by atoms with E-state index in [2.05, 4.69) is 30.0 Å². The van der Waals surface area contributed by atoms with Gasteiger partial charge in [-0.1, -0.05) is 25.0 Å². The van der Waals surface area contributed by atoms with Gasteiger partial charge < -0.3 is 10.6 Å². The van der Waals surface area contributed by atoms with E-state index in [0.717, 1.165) is 55.3 Å². The maximum atomic E-state index is 12.6. The third-order valence-corrected chi connectivity index (χ3v) is 10.2. The quantitative estimate of drug-likeness (QED) is 0.277. The molecule has 0 spiro atoms. The Morgan fingerprint density at radius 3 is 2.13 bits per heavy atom. The van der Waals surface area contributed by atoms with Gasteiger partial charge in [-0.15, -0.1) is 0 Å². The van der Waals surface area contributed by atoms with Crippen LogP contribution in [0, 0.1) is 6.92 Å². The summed E-state index contributed by atoms with van der Waals surface area (Å²) in [5.41, 5.74) is 3.18. The third kappa shape index (κ3) is 6.68. The standard InChI is InChI=1S/C26H32N6O4S2/c1-18-16-27-26(30-21-10-12-24(13-11-21)38(35,36)32-22-4-2-3-5-22)31-25(18)29-20-8-6-19(7-9-20)17-28-37(33,34)23-14-15-23/h6-13,16,22-23,28,32H,2-5,14-15,17H2,1H3,(H2,27,29,30,31). The summed E-state index contributed by atoms with van der Waals surface area (Å²) in [6.07, 6.45) is 7.04.